The normalized spacial score (nSPS) is 22.0. The first kappa shape index (κ1) is 14.4. The van der Waals surface area contributed by atoms with Crippen LogP contribution in [0.2, 0.25) is 0 Å². The topological polar surface area (TPSA) is 52.1 Å². The highest BCUT2D eigenvalue weighted by Crippen LogP contribution is 2.32. The number of benzene rings is 1. The van der Waals surface area contributed by atoms with E-state index in [1.807, 2.05) is 24.5 Å². The van der Waals surface area contributed by atoms with Gasteiger partial charge in [-0.2, -0.15) is 0 Å². The first-order valence-electron chi connectivity index (χ1n) is 8.13. The molecule has 0 aliphatic carbocycles. The number of rotatable bonds is 4. The summed E-state index contributed by atoms with van der Waals surface area (Å²) in [5.74, 6) is 0.582. The Kier molecular flexibility index (Phi) is 3.85. The van der Waals surface area contributed by atoms with Gasteiger partial charge in [-0.3, -0.25) is 9.88 Å². The third-order valence-electron chi connectivity index (χ3n) is 4.84. The molecule has 23 heavy (non-hydrogen) atoms. The van der Waals surface area contributed by atoms with Crippen LogP contribution in [0.5, 0.6) is 0 Å². The molecule has 3 aromatic rings. The minimum absolute atomic E-state index is 0.217. The summed E-state index contributed by atoms with van der Waals surface area (Å²) >= 11 is 0. The molecule has 118 valence electrons. The highest BCUT2D eigenvalue weighted by atomic mass is 16.3. The average Bonchev–Trinajstić information content (AvgIpc) is 3.21. The molecule has 1 aromatic carbocycles. The second-order valence-corrected chi connectivity index (χ2v) is 6.40. The Bertz CT molecular complexity index is 783. The van der Waals surface area contributed by atoms with Gasteiger partial charge in [0.1, 0.15) is 0 Å². The van der Waals surface area contributed by atoms with E-state index in [1.54, 1.807) is 0 Å². The Morgan fingerprint density at radius 1 is 1.17 bits per heavy atom. The van der Waals surface area contributed by atoms with Crippen molar-refractivity contribution in [2.45, 2.75) is 12.5 Å². The zero-order chi connectivity index (χ0) is 15.6. The molecule has 0 radical (unpaired) electrons. The molecule has 1 saturated heterocycles. The van der Waals surface area contributed by atoms with Crippen LogP contribution < -0.4 is 0 Å². The van der Waals surface area contributed by atoms with Crippen molar-refractivity contribution >= 4 is 10.9 Å². The van der Waals surface area contributed by atoms with Gasteiger partial charge in [0, 0.05) is 61.7 Å². The second-order valence-electron chi connectivity index (χ2n) is 6.40. The molecule has 0 bridgehead atoms. The lowest BCUT2D eigenvalue weighted by atomic mass is 9.93. The van der Waals surface area contributed by atoms with E-state index in [9.17, 15) is 5.11 Å². The number of aromatic amines is 1. The van der Waals surface area contributed by atoms with Gasteiger partial charge in [0.15, 0.2) is 0 Å². The van der Waals surface area contributed by atoms with Crippen LogP contribution in [0, 0.1) is 5.92 Å². The number of aliphatic hydroxyl groups is 1. The molecule has 4 rings (SSSR count). The van der Waals surface area contributed by atoms with E-state index in [0.717, 1.165) is 25.3 Å². The lowest BCUT2D eigenvalue weighted by molar-refractivity contribution is 0.213. The fourth-order valence-corrected chi connectivity index (χ4v) is 3.66. The molecular formula is C19H21N3O. The van der Waals surface area contributed by atoms with Crippen LogP contribution in [0.3, 0.4) is 0 Å². The molecule has 1 aliphatic heterocycles. The van der Waals surface area contributed by atoms with Gasteiger partial charge in [-0.05, 0) is 41.3 Å². The summed E-state index contributed by atoms with van der Waals surface area (Å²) in [6.45, 7) is 3.01. The van der Waals surface area contributed by atoms with Gasteiger partial charge in [0.2, 0.25) is 0 Å². The maximum Gasteiger partial charge on any atom is 0.0478 e. The number of aliphatic hydroxyl groups excluding tert-OH is 1. The summed E-state index contributed by atoms with van der Waals surface area (Å²) in [5.41, 5.74) is 3.58. The molecule has 1 aliphatic rings. The average molecular weight is 307 g/mol. The monoisotopic (exact) mass is 307 g/mol. The molecule has 3 heterocycles. The summed E-state index contributed by atoms with van der Waals surface area (Å²) < 4.78 is 0. The molecule has 2 N–H and O–H groups in total. The van der Waals surface area contributed by atoms with Gasteiger partial charge in [0.25, 0.3) is 0 Å². The number of fused-ring (bicyclic) bond motifs is 1. The van der Waals surface area contributed by atoms with Crippen LogP contribution in [0.25, 0.3) is 10.9 Å². The van der Waals surface area contributed by atoms with E-state index in [1.165, 1.54) is 16.5 Å². The molecule has 1 fully saturated rings. The van der Waals surface area contributed by atoms with Crippen molar-refractivity contribution in [3.05, 3.63) is 66.1 Å². The molecule has 0 spiro atoms. The number of aromatic nitrogens is 2. The van der Waals surface area contributed by atoms with Crippen molar-refractivity contribution in [3.8, 4) is 0 Å². The second kappa shape index (κ2) is 6.14. The zero-order valence-electron chi connectivity index (χ0n) is 13.0. The quantitative estimate of drug-likeness (QED) is 0.779. The van der Waals surface area contributed by atoms with Gasteiger partial charge in [-0.25, -0.2) is 0 Å². The van der Waals surface area contributed by atoms with Gasteiger partial charge >= 0.3 is 0 Å². The number of hydrogen-bond acceptors (Lipinski definition) is 3. The minimum Gasteiger partial charge on any atom is -0.396 e. The van der Waals surface area contributed by atoms with Gasteiger partial charge in [-0.1, -0.05) is 12.1 Å². The van der Waals surface area contributed by atoms with Crippen molar-refractivity contribution in [1.82, 2.24) is 14.9 Å². The summed E-state index contributed by atoms with van der Waals surface area (Å²) in [5, 5.41) is 11.0. The SMILES string of the molecule is OC[C@@H]1CN(Cc2ccc3[nH]ccc3c2)C[C@H]1c1ccccn1. The highest BCUT2D eigenvalue weighted by molar-refractivity contribution is 5.79. The Morgan fingerprint density at radius 2 is 2.13 bits per heavy atom. The third kappa shape index (κ3) is 2.87. The number of likely N-dealkylation sites (tertiary alicyclic amines) is 1. The van der Waals surface area contributed by atoms with Gasteiger partial charge in [-0.15, -0.1) is 0 Å². The van der Waals surface area contributed by atoms with Crippen molar-refractivity contribution in [1.29, 1.82) is 0 Å². The van der Waals surface area contributed by atoms with Crippen molar-refractivity contribution in [2.75, 3.05) is 19.7 Å². The molecule has 0 saturated carbocycles. The van der Waals surface area contributed by atoms with E-state index in [2.05, 4.69) is 45.2 Å². The zero-order valence-corrected chi connectivity index (χ0v) is 13.0. The van der Waals surface area contributed by atoms with E-state index in [0.29, 0.717) is 5.92 Å². The fraction of sp³-hybridized carbons (Fsp3) is 0.316. The number of pyridine rings is 1. The first-order valence-corrected chi connectivity index (χ1v) is 8.13. The van der Waals surface area contributed by atoms with Gasteiger partial charge < -0.3 is 10.1 Å². The highest BCUT2D eigenvalue weighted by Gasteiger charge is 2.33. The van der Waals surface area contributed by atoms with Crippen LogP contribution in [-0.4, -0.2) is 39.7 Å². The lowest BCUT2D eigenvalue weighted by Crippen LogP contribution is -2.20. The molecule has 0 unspecified atom stereocenters. The number of H-pyrrole nitrogens is 1. The smallest absolute Gasteiger partial charge is 0.0478 e. The van der Waals surface area contributed by atoms with Crippen LogP contribution in [0.1, 0.15) is 17.2 Å². The molecule has 0 amide bonds. The van der Waals surface area contributed by atoms with Crippen molar-refractivity contribution in [2.24, 2.45) is 5.92 Å². The van der Waals surface area contributed by atoms with Crippen molar-refractivity contribution < 1.29 is 5.11 Å². The predicted molar refractivity (Wildman–Crippen MR) is 91.1 cm³/mol. The summed E-state index contributed by atoms with van der Waals surface area (Å²) in [6, 6.07) is 14.7. The Morgan fingerprint density at radius 3 is 2.96 bits per heavy atom. The fourth-order valence-electron chi connectivity index (χ4n) is 3.66. The first-order chi connectivity index (χ1) is 11.3. The van der Waals surface area contributed by atoms with E-state index >= 15 is 0 Å². The Balaban J connectivity index is 1.51. The predicted octanol–water partition coefficient (Wildman–Crippen LogP) is 2.77. The van der Waals surface area contributed by atoms with E-state index in [4.69, 9.17) is 0 Å². The molecule has 4 nitrogen and oxygen atoms in total. The largest absolute Gasteiger partial charge is 0.396 e. The summed E-state index contributed by atoms with van der Waals surface area (Å²) in [6.07, 6.45) is 3.81. The standard InChI is InChI=1S/C19H21N3O/c23-13-16-11-22(12-17(16)19-3-1-2-7-20-19)10-14-4-5-18-15(9-14)6-8-21-18/h1-9,16-17,21,23H,10-13H2/t16-,17+/m0/s1. The molecule has 2 aromatic heterocycles. The van der Waals surface area contributed by atoms with Crippen LogP contribution in [0.15, 0.2) is 54.9 Å². The summed E-state index contributed by atoms with van der Waals surface area (Å²) in [4.78, 5) is 10.1. The van der Waals surface area contributed by atoms with Crippen LogP contribution in [-0.2, 0) is 6.54 Å². The maximum absolute atomic E-state index is 9.74. The van der Waals surface area contributed by atoms with E-state index in [-0.39, 0.29) is 12.5 Å². The number of nitrogens with zero attached hydrogens (tertiary/aromatic N) is 2. The third-order valence-corrected chi connectivity index (χ3v) is 4.84. The number of nitrogens with one attached hydrogen (secondary N) is 1. The molecule has 4 heteroatoms. The minimum atomic E-state index is 0.217. The van der Waals surface area contributed by atoms with Gasteiger partial charge in [0.05, 0.1) is 0 Å². The molecule has 2 atom stereocenters. The summed E-state index contributed by atoms with van der Waals surface area (Å²) in [7, 11) is 0. The van der Waals surface area contributed by atoms with Crippen LogP contribution in [0.4, 0.5) is 0 Å². The molecular weight excluding hydrogens is 286 g/mol. The van der Waals surface area contributed by atoms with Crippen molar-refractivity contribution in [3.63, 3.8) is 0 Å². The lowest BCUT2D eigenvalue weighted by Gasteiger charge is -2.16. The Labute approximate surface area is 135 Å². The number of hydrogen-bond donors (Lipinski definition) is 2. The van der Waals surface area contributed by atoms with Crippen LogP contribution >= 0.6 is 0 Å². The Hall–Kier alpha value is -2.17. The van der Waals surface area contributed by atoms with E-state index < -0.39 is 0 Å². The maximum atomic E-state index is 9.74.